The Labute approximate surface area is 133 Å². The lowest BCUT2D eigenvalue weighted by atomic mass is 10.0. The highest BCUT2D eigenvalue weighted by atomic mass is 35.5. The molecule has 114 valence electrons. The number of fused-ring (bicyclic) bond motifs is 2. The number of amides is 1. The lowest BCUT2D eigenvalue weighted by molar-refractivity contribution is 0.0897. The Kier molecular flexibility index (Phi) is 3.43. The zero-order chi connectivity index (χ0) is 15.1. The Bertz CT molecular complexity index is 695. The summed E-state index contributed by atoms with van der Waals surface area (Å²) in [6.45, 7) is 1.00. The van der Waals surface area contributed by atoms with Crippen molar-refractivity contribution in [1.29, 1.82) is 0 Å². The molecule has 2 N–H and O–H groups in total. The van der Waals surface area contributed by atoms with Gasteiger partial charge in [0.2, 0.25) is 0 Å². The van der Waals surface area contributed by atoms with Crippen molar-refractivity contribution in [3.05, 3.63) is 47.2 Å². The lowest BCUT2D eigenvalue weighted by Gasteiger charge is -2.22. The number of rotatable bonds is 3. The van der Waals surface area contributed by atoms with Crippen molar-refractivity contribution < 1.29 is 9.21 Å². The molecule has 1 saturated carbocycles. The minimum absolute atomic E-state index is 0.127. The number of halogens is 1. The van der Waals surface area contributed by atoms with Crippen LogP contribution in [0.2, 0.25) is 5.02 Å². The molecule has 22 heavy (non-hydrogen) atoms. The fraction of sp³-hybridized carbons (Fsp3) is 0.353. The van der Waals surface area contributed by atoms with E-state index in [-0.39, 0.29) is 11.9 Å². The Morgan fingerprint density at radius 2 is 2.00 bits per heavy atom. The number of carbonyl (C=O) groups excluding carboxylic acids is 1. The summed E-state index contributed by atoms with van der Waals surface area (Å²) in [5, 5.41) is 7.23. The minimum atomic E-state index is -0.127. The second kappa shape index (κ2) is 5.45. The molecule has 3 unspecified atom stereocenters. The van der Waals surface area contributed by atoms with Crippen molar-refractivity contribution in [3.8, 4) is 11.3 Å². The monoisotopic (exact) mass is 316 g/mol. The number of nitrogens with one attached hydrogen (secondary N) is 2. The molecule has 1 amide bonds. The third kappa shape index (κ3) is 2.53. The summed E-state index contributed by atoms with van der Waals surface area (Å²) in [4.78, 5) is 12.3. The average molecular weight is 317 g/mol. The molecule has 1 aromatic heterocycles. The van der Waals surface area contributed by atoms with Gasteiger partial charge in [-0.2, -0.15) is 0 Å². The first-order valence-electron chi connectivity index (χ1n) is 7.59. The third-order valence-corrected chi connectivity index (χ3v) is 4.89. The van der Waals surface area contributed by atoms with Crippen molar-refractivity contribution in [2.24, 2.45) is 5.92 Å². The maximum Gasteiger partial charge on any atom is 0.287 e. The van der Waals surface area contributed by atoms with Crippen LogP contribution < -0.4 is 10.6 Å². The molecule has 5 heteroatoms. The smallest absolute Gasteiger partial charge is 0.287 e. The summed E-state index contributed by atoms with van der Waals surface area (Å²) in [5.41, 5.74) is 0.910. The molecule has 3 atom stereocenters. The SMILES string of the molecule is O=C(NC1CC2CC1CN2)c1ccc(-c2ccc(Cl)cc2)o1. The van der Waals surface area contributed by atoms with Gasteiger partial charge in [-0.25, -0.2) is 0 Å². The van der Waals surface area contributed by atoms with Crippen LogP contribution in [-0.2, 0) is 0 Å². The maximum absolute atomic E-state index is 12.3. The Morgan fingerprint density at radius 3 is 2.68 bits per heavy atom. The van der Waals surface area contributed by atoms with Crippen molar-refractivity contribution in [2.75, 3.05) is 6.54 Å². The summed E-state index contributed by atoms with van der Waals surface area (Å²) >= 11 is 5.88. The number of hydrogen-bond donors (Lipinski definition) is 2. The summed E-state index contributed by atoms with van der Waals surface area (Å²) < 4.78 is 5.69. The van der Waals surface area contributed by atoms with Gasteiger partial charge in [-0.3, -0.25) is 4.79 Å². The van der Waals surface area contributed by atoms with E-state index in [0.29, 0.717) is 28.5 Å². The van der Waals surface area contributed by atoms with Crippen molar-refractivity contribution in [1.82, 2.24) is 10.6 Å². The predicted octanol–water partition coefficient (Wildman–Crippen LogP) is 3.08. The van der Waals surface area contributed by atoms with Crippen LogP contribution in [0.1, 0.15) is 23.4 Å². The molecule has 4 rings (SSSR count). The van der Waals surface area contributed by atoms with E-state index < -0.39 is 0 Å². The summed E-state index contributed by atoms with van der Waals surface area (Å²) in [6.07, 6.45) is 2.18. The normalized spacial score (nSPS) is 26.3. The van der Waals surface area contributed by atoms with Gasteiger partial charge in [-0.15, -0.1) is 0 Å². The largest absolute Gasteiger partial charge is 0.451 e. The van der Waals surface area contributed by atoms with Gasteiger partial charge in [-0.1, -0.05) is 11.6 Å². The standard InChI is InChI=1S/C17H17ClN2O2/c18-12-3-1-10(2-4-12)15-5-6-16(22-15)17(21)20-14-8-13-7-11(14)9-19-13/h1-6,11,13-14,19H,7-9H2,(H,20,21). The quantitative estimate of drug-likeness (QED) is 0.915. The molecule has 2 heterocycles. The molecule has 2 bridgehead atoms. The average Bonchev–Trinajstić information content (AvgIpc) is 3.24. The fourth-order valence-electron chi connectivity index (χ4n) is 3.48. The van der Waals surface area contributed by atoms with E-state index in [1.807, 2.05) is 18.2 Å². The topological polar surface area (TPSA) is 54.3 Å². The Balaban J connectivity index is 1.46. The second-order valence-electron chi connectivity index (χ2n) is 6.09. The molecule has 1 aliphatic carbocycles. The fourth-order valence-corrected chi connectivity index (χ4v) is 3.61. The zero-order valence-electron chi connectivity index (χ0n) is 12.0. The van der Waals surface area contributed by atoms with Crippen LogP contribution in [0.15, 0.2) is 40.8 Å². The third-order valence-electron chi connectivity index (χ3n) is 4.64. The molecule has 1 saturated heterocycles. The number of carbonyl (C=O) groups is 1. The molecule has 2 aliphatic rings. The molecule has 4 nitrogen and oxygen atoms in total. The van der Waals surface area contributed by atoms with E-state index in [1.54, 1.807) is 18.2 Å². The molecule has 0 spiro atoms. The van der Waals surface area contributed by atoms with Crippen LogP contribution in [0, 0.1) is 5.92 Å². The number of piperidine rings is 1. The van der Waals surface area contributed by atoms with E-state index in [0.717, 1.165) is 18.5 Å². The first-order valence-corrected chi connectivity index (χ1v) is 7.97. The van der Waals surface area contributed by atoms with Gasteiger partial charge in [0.15, 0.2) is 5.76 Å². The van der Waals surface area contributed by atoms with E-state index in [9.17, 15) is 4.79 Å². The van der Waals surface area contributed by atoms with E-state index in [4.69, 9.17) is 16.0 Å². The Morgan fingerprint density at radius 1 is 1.18 bits per heavy atom. The number of furan rings is 1. The number of hydrogen-bond acceptors (Lipinski definition) is 3. The zero-order valence-corrected chi connectivity index (χ0v) is 12.8. The van der Waals surface area contributed by atoms with Gasteiger partial charge in [0.1, 0.15) is 5.76 Å². The molecule has 2 fully saturated rings. The molecular formula is C17H17ClN2O2. The van der Waals surface area contributed by atoms with Gasteiger partial charge in [-0.05, 0) is 55.2 Å². The van der Waals surface area contributed by atoms with Gasteiger partial charge in [0, 0.05) is 29.2 Å². The highest BCUT2D eigenvalue weighted by molar-refractivity contribution is 6.30. The van der Waals surface area contributed by atoms with Crippen LogP contribution >= 0.6 is 11.6 Å². The van der Waals surface area contributed by atoms with E-state index in [2.05, 4.69) is 10.6 Å². The first kappa shape index (κ1) is 13.9. The van der Waals surface area contributed by atoms with Gasteiger partial charge in [0.25, 0.3) is 5.91 Å². The van der Waals surface area contributed by atoms with E-state index in [1.165, 1.54) is 6.42 Å². The summed E-state index contributed by atoms with van der Waals surface area (Å²) in [6, 6.07) is 11.8. The highest BCUT2D eigenvalue weighted by Gasteiger charge is 2.40. The van der Waals surface area contributed by atoms with Crippen molar-refractivity contribution >= 4 is 17.5 Å². The van der Waals surface area contributed by atoms with E-state index >= 15 is 0 Å². The lowest BCUT2D eigenvalue weighted by Crippen LogP contribution is -2.44. The van der Waals surface area contributed by atoms with Crippen LogP contribution in [0.25, 0.3) is 11.3 Å². The molecule has 1 aliphatic heterocycles. The van der Waals surface area contributed by atoms with Crippen LogP contribution in [-0.4, -0.2) is 24.5 Å². The molecule has 1 aromatic carbocycles. The van der Waals surface area contributed by atoms with Crippen LogP contribution in [0.5, 0.6) is 0 Å². The number of benzene rings is 1. The minimum Gasteiger partial charge on any atom is -0.451 e. The van der Waals surface area contributed by atoms with Gasteiger partial charge in [0.05, 0.1) is 0 Å². The maximum atomic E-state index is 12.3. The molecular weight excluding hydrogens is 300 g/mol. The van der Waals surface area contributed by atoms with Gasteiger partial charge < -0.3 is 15.1 Å². The van der Waals surface area contributed by atoms with Crippen LogP contribution in [0.4, 0.5) is 0 Å². The second-order valence-corrected chi connectivity index (χ2v) is 6.52. The first-order chi connectivity index (χ1) is 10.7. The predicted molar refractivity (Wildman–Crippen MR) is 84.9 cm³/mol. The van der Waals surface area contributed by atoms with Crippen molar-refractivity contribution in [3.63, 3.8) is 0 Å². The molecule has 2 aromatic rings. The Hall–Kier alpha value is -1.78. The highest BCUT2D eigenvalue weighted by Crippen LogP contribution is 2.31. The molecule has 0 radical (unpaired) electrons. The van der Waals surface area contributed by atoms with Crippen LogP contribution in [0.3, 0.4) is 0 Å². The van der Waals surface area contributed by atoms with Crippen molar-refractivity contribution in [2.45, 2.75) is 24.9 Å². The summed E-state index contributed by atoms with van der Waals surface area (Å²) in [5.74, 6) is 1.47. The summed E-state index contributed by atoms with van der Waals surface area (Å²) in [7, 11) is 0. The van der Waals surface area contributed by atoms with Gasteiger partial charge >= 0.3 is 0 Å².